The molecule has 0 saturated heterocycles. The number of hydrogen-bond acceptors (Lipinski definition) is 3. The van der Waals surface area contributed by atoms with E-state index in [9.17, 15) is 0 Å². The van der Waals surface area contributed by atoms with Crippen LogP contribution in [0.2, 0.25) is 5.02 Å². The van der Waals surface area contributed by atoms with Gasteiger partial charge >= 0.3 is 0 Å². The Bertz CT molecular complexity index is 610. The minimum Gasteiger partial charge on any atom is -0.496 e. The zero-order valence-electron chi connectivity index (χ0n) is 13.0. The van der Waals surface area contributed by atoms with Crippen LogP contribution in [0.3, 0.4) is 0 Å². The molecular weight excluding hydrogens is 286 g/mol. The van der Waals surface area contributed by atoms with E-state index >= 15 is 0 Å². The van der Waals surface area contributed by atoms with E-state index in [1.807, 2.05) is 36.9 Å². The molecule has 0 aliphatic rings. The molecule has 1 aromatic heterocycles. The lowest BCUT2D eigenvalue weighted by Crippen LogP contribution is -2.21. The largest absolute Gasteiger partial charge is 0.496 e. The van der Waals surface area contributed by atoms with Crippen molar-refractivity contribution < 1.29 is 4.74 Å². The Morgan fingerprint density at radius 2 is 2.14 bits per heavy atom. The highest BCUT2D eigenvalue weighted by atomic mass is 35.5. The maximum Gasteiger partial charge on any atom is 0.125 e. The number of nitrogens with zero attached hydrogens (tertiary/aromatic N) is 2. The fourth-order valence-electron chi connectivity index (χ4n) is 2.59. The molecule has 0 saturated carbocycles. The van der Waals surface area contributed by atoms with Crippen molar-refractivity contribution >= 4 is 11.6 Å². The van der Waals surface area contributed by atoms with E-state index in [2.05, 4.69) is 23.4 Å². The van der Waals surface area contributed by atoms with Gasteiger partial charge in [0.15, 0.2) is 0 Å². The number of methoxy groups -OCH3 is 1. The summed E-state index contributed by atoms with van der Waals surface area (Å²) >= 11 is 6.04. The maximum absolute atomic E-state index is 6.04. The third-order valence-corrected chi connectivity index (χ3v) is 3.85. The van der Waals surface area contributed by atoms with E-state index in [0.29, 0.717) is 5.02 Å². The smallest absolute Gasteiger partial charge is 0.125 e. The molecule has 0 amide bonds. The maximum atomic E-state index is 6.04. The number of hydrogen-bond donors (Lipinski definition) is 1. The molecule has 1 atom stereocenters. The topological polar surface area (TPSA) is 39.1 Å². The predicted octanol–water partition coefficient (Wildman–Crippen LogP) is 3.38. The van der Waals surface area contributed by atoms with Crippen LogP contribution in [0.5, 0.6) is 5.75 Å². The number of benzene rings is 1. The number of aromatic nitrogens is 2. The lowest BCUT2D eigenvalue weighted by atomic mass is 10.0. The predicted molar refractivity (Wildman–Crippen MR) is 86.1 cm³/mol. The first-order valence-electron chi connectivity index (χ1n) is 7.13. The third-order valence-electron chi connectivity index (χ3n) is 3.62. The van der Waals surface area contributed by atoms with Crippen molar-refractivity contribution in [3.63, 3.8) is 0 Å². The molecule has 0 bridgehead atoms. The summed E-state index contributed by atoms with van der Waals surface area (Å²) < 4.78 is 7.51. The molecule has 0 aliphatic heterocycles. The van der Waals surface area contributed by atoms with E-state index in [0.717, 1.165) is 30.0 Å². The summed E-state index contributed by atoms with van der Waals surface area (Å²) in [6.45, 7) is 5.00. The zero-order chi connectivity index (χ0) is 15.4. The highest BCUT2D eigenvalue weighted by Crippen LogP contribution is 2.30. The average molecular weight is 308 g/mol. The molecule has 5 heteroatoms. The summed E-state index contributed by atoms with van der Waals surface area (Å²) in [5.74, 6) is 0.807. The van der Waals surface area contributed by atoms with Crippen LogP contribution in [-0.4, -0.2) is 23.9 Å². The molecule has 1 N–H and O–H groups in total. The number of nitrogens with one attached hydrogen (secondary N) is 1. The fourth-order valence-corrected chi connectivity index (χ4v) is 2.75. The summed E-state index contributed by atoms with van der Waals surface area (Å²) in [5.41, 5.74) is 3.36. The molecule has 1 aromatic carbocycles. The molecule has 4 nitrogen and oxygen atoms in total. The normalized spacial score (nSPS) is 12.4. The Labute approximate surface area is 131 Å². The van der Waals surface area contributed by atoms with Crippen molar-refractivity contribution in [3.05, 3.63) is 46.2 Å². The first-order valence-corrected chi connectivity index (χ1v) is 7.50. The van der Waals surface area contributed by atoms with E-state index < -0.39 is 0 Å². The monoisotopic (exact) mass is 307 g/mol. The van der Waals surface area contributed by atoms with Crippen LogP contribution in [0.25, 0.3) is 0 Å². The van der Waals surface area contributed by atoms with E-state index in [-0.39, 0.29) is 6.04 Å². The first-order chi connectivity index (χ1) is 10.1. The van der Waals surface area contributed by atoms with Gasteiger partial charge in [0.1, 0.15) is 5.75 Å². The van der Waals surface area contributed by atoms with Gasteiger partial charge in [-0.05, 0) is 39.1 Å². The molecule has 0 spiro atoms. The highest BCUT2D eigenvalue weighted by Gasteiger charge is 2.17. The molecule has 1 unspecified atom stereocenters. The Morgan fingerprint density at radius 3 is 2.76 bits per heavy atom. The van der Waals surface area contributed by atoms with Crippen molar-refractivity contribution in [3.8, 4) is 5.75 Å². The van der Waals surface area contributed by atoms with E-state index in [1.165, 1.54) is 5.69 Å². The molecule has 1 heterocycles. The molecule has 114 valence electrons. The number of ether oxygens (including phenoxy) is 1. The summed E-state index contributed by atoms with van der Waals surface area (Å²) in [5, 5.41) is 8.54. The van der Waals surface area contributed by atoms with Gasteiger partial charge in [0.25, 0.3) is 0 Å². The van der Waals surface area contributed by atoms with Crippen molar-refractivity contribution in [1.29, 1.82) is 0 Å². The summed E-state index contributed by atoms with van der Waals surface area (Å²) in [6.07, 6.45) is 0.850. The van der Waals surface area contributed by atoms with Crippen LogP contribution in [0.4, 0.5) is 0 Å². The minimum absolute atomic E-state index is 0.151. The quantitative estimate of drug-likeness (QED) is 0.889. The van der Waals surface area contributed by atoms with Gasteiger partial charge in [0, 0.05) is 35.3 Å². The molecule has 0 radical (unpaired) electrons. The van der Waals surface area contributed by atoms with Gasteiger partial charge in [-0.25, -0.2) is 0 Å². The Balaban J connectivity index is 2.31. The zero-order valence-corrected chi connectivity index (χ0v) is 13.7. The third kappa shape index (κ3) is 3.57. The lowest BCUT2D eigenvalue weighted by Gasteiger charge is -2.20. The second-order valence-corrected chi connectivity index (χ2v) is 5.46. The Kier molecular flexibility index (Phi) is 5.26. The number of aryl methyl sites for hydroxylation is 2. The SMILES string of the molecule is CCn1nc(C)cc1CC(NC)c1ccc(Cl)cc1OC. The van der Waals surface area contributed by atoms with Gasteiger partial charge in [-0.1, -0.05) is 17.7 Å². The molecule has 21 heavy (non-hydrogen) atoms. The van der Waals surface area contributed by atoms with Crippen molar-refractivity contribution in [2.75, 3.05) is 14.2 Å². The Hall–Kier alpha value is -1.52. The lowest BCUT2D eigenvalue weighted by molar-refractivity contribution is 0.400. The number of likely N-dealkylation sites (N-methyl/N-ethyl adjacent to an activating group) is 1. The van der Waals surface area contributed by atoms with Crippen LogP contribution < -0.4 is 10.1 Å². The van der Waals surface area contributed by atoms with Crippen LogP contribution in [-0.2, 0) is 13.0 Å². The van der Waals surface area contributed by atoms with Crippen LogP contribution in [0.1, 0.15) is 29.9 Å². The van der Waals surface area contributed by atoms with Crippen molar-refractivity contribution in [2.24, 2.45) is 0 Å². The highest BCUT2D eigenvalue weighted by molar-refractivity contribution is 6.30. The van der Waals surface area contributed by atoms with Gasteiger partial charge < -0.3 is 10.1 Å². The first kappa shape index (κ1) is 15.9. The van der Waals surface area contributed by atoms with Gasteiger partial charge in [0.2, 0.25) is 0 Å². The average Bonchev–Trinajstić information content (AvgIpc) is 2.84. The van der Waals surface area contributed by atoms with Gasteiger partial charge in [0.05, 0.1) is 12.8 Å². The van der Waals surface area contributed by atoms with Gasteiger partial charge in [-0.15, -0.1) is 0 Å². The van der Waals surface area contributed by atoms with Gasteiger partial charge in [-0.2, -0.15) is 5.10 Å². The number of halogens is 1. The standard InChI is InChI=1S/C16H22ClN3O/c1-5-20-13(8-11(2)19-20)10-15(18-3)14-7-6-12(17)9-16(14)21-4/h6-9,15,18H,5,10H2,1-4H3. The van der Waals surface area contributed by atoms with E-state index in [4.69, 9.17) is 16.3 Å². The molecule has 0 fully saturated rings. The summed E-state index contributed by atoms with van der Waals surface area (Å²) in [4.78, 5) is 0. The second-order valence-electron chi connectivity index (χ2n) is 5.02. The summed E-state index contributed by atoms with van der Waals surface area (Å²) in [6, 6.07) is 8.05. The molecule has 0 aliphatic carbocycles. The second kappa shape index (κ2) is 6.96. The molecule has 2 aromatic rings. The minimum atomic E-state index is 0.151. The summed E-state index contributed by atoms with van der Waals surface area (Å²) in [7, 11) is 3.63. The number of rotatable bonds is 6. The fraction of sp³-hybridized carbons (Fsp3) is 0.438. The van der Waals surface area contributed by atoms with E-state index in [1.54, 1.807) is 7.11 Å². The van der Waals surface area contributed by atoms with Crippen molar-refractivity contribution in [2.45, 2.75) is 32.9 Å². The molecular formula is C16H22ClN3O. The van der Waals surface area contributed by atoms with Crippen LogP contribution in [0, 0.1) is 6.92 Å². The Morgan fingerprint density at radius 1 is 1.38 bits per heavy atom. The van der Waals surface area contributed by atoms with Crippen LogP contribution in [0.15, 0.2) is 24.3 Å². The molecule has 2 rings (SSSR count). The van der Waals surface area contributed by atoms with Gasteiger partial charge in [-0.3, -0.25) is 4.68 Å². The van der Waals surface area contributed by atoms with Crippen molar-refractivity contribution in [1.82, 2.24) is 15.1 Å². The van der Waals surface area contributed by atoms with Crippen LogP contribution >= 0.6 is 11.6 Å².